The van der Waals surface area contributed by atoms with Crippen molar-refractivity contribution in [2.24, 2.45) is 17.3 Å². The monoisotopic (exact) mass is 326 g/mol. The third-order valence-electron chi connectivity index (χ3n) is 4.78. The lowest BCUT2D eigenvalue weighted by Crippen LogP contribution is -2.43. The first-order chi connectivity index (χ1) is 10.5. The van der Waals surface area contributed by atoms with Gasteiger partial charge in [0.1, 0.15) is 5.60 Å². The number of carbonyl (C=O) groups excluding carboxylic acids is 1. The summed E-state index contributed by atoms with van der Waals surface area (Å²) in [5.74, 6) is 1.64. The summed E-state index contributed by atoms with van der Waals surface area (Å²) in [4.78, 5) is 11.6. The maximum absolute atomic E-state index is 11.6. The van der Waals surface area contributed by atoms with Crippen molar-refractivity contribution in [2.45, 2.75) is 85.8 Å². The van der Waals surface area contributed by atoms with E-state index in [4.69, 9.17) is 4.74 Å². The minimum absolute atomic E-state index is 0.267. The van der Waals surface area contributed by atoms with E-state index in [1.807, 2.05) is 20.8 Å². The lowest BCUT2D eigenvalue weighted by molar-refractivity contribution is 0.0523. The Morgan fingerprint density at radius 2 is 1.65 bits per heavy atom. The highest BCUT2D eigenvalue weighted by atomic mass is 16.6. The van der Waals surface area contributed by atoms with Crippen molar-refractivity contribution in [1.82, 2.24) is 10.6 Å². The number of rotatable bonds is 5. The Labute approximate surface area is 143 Å². The van der Waals surface area contributed by atoms with Gasteiger partial charge in [-0.3, -0.25) is 0 Å². The van der Waals surface area contributed by atoms with Gasteiger partial charge < -0.3 is 15.4 Å². The van der Waals surface area contributed by atoms with E-state index in [2.05, 4.69) is 38.3 Å². The van der Waals surface area contributed by atoms with E-state index in [9.17, 15) is 4.79 Å². The zero-order chi connectivity index (χ0) is 17.7. The molecule has 0 radical (unpaired) electrons. The predicted molar refractivity (Wildman–Crippen MR) is 96.6 cm³/mol. The largest absolute Gasteiger partial charge is 0.444 e. The fourth-order valence-corrected chi connectivity index (χ4v) is 3.22. The first-order valence-electron chi connectivity index (χ1n) is 9.17. The second-order valence-corrected chi connectivity index (χ2v) is 9.28. The van der Waals surface area contributed by atoms with E-state index < -0.39 is 5.60 Å². The minimum atomic E-state index is -0.438. The number of amides is 1. The molecular formula is C19H38N2O2. The summed E-state index contributed by atoms with van der Waals surface area (Å²) in [5, 5.41) is 6.38. The molecule has 1 saturated carbocycles. The van der Waals surface area contributed by atoms with E-state index in [0.29, 0.717) is 12.0 Å². The fraction of sp³-hybridized carbons (Fsp3) is 0.947. The zero-order valence-corrected chi connectivity index (χ0v) is 16.3. The standard InChI is InChI=1S/C19H38N2O2/c1-14(12-21-17(22)23-19(5,6)7)20-13-15-8-10-16(11-9-15)18(2,3)4/h14-16,20H,8-13H2,1-7H3,(H,21,22). The number of hydrogen-bond acceptors (Lipinski definition) is 3. The molecule has 0 spiro atoms. The van der Waals surface area contributed by atoms with Gasteiger partial charge in [-0.05, 0) is 77.2 Å². The van der Waals surface area contributed by atoms with Gasteiger partial charge in [-0.2, -0.15) is 0 Å². The molecule has 4 heteroatoms. The summed E-state index contributed by atoms with van der Waals surface area (Å²) in [5.41, 5.74) is 0.00939. The van der Waals surface area contributed by atoms with Crippen LogP contribution in [0.25, 0.3) is 0 Å². The highest BCUT2D eigenvalue weighted by Crippen LogP contribution is 2.39. The Balaban J connectivity index is 2.17. The van der Waals surface area contributed by atoms with Gasteiger partial charge in [0.25, 0.3) is 0 Å². The second kappa shape index (κ2) is 8.36. The van der Waals surface area contributed by atoms with Crippen molar-refractivity contribution in [3.05, 3.63) is 0 Å². The second-order valence-electron chi connectivity index (χ2n) is 9.28. The number of hydrogen-bond donors (Lipinski definition) is 2. The van der Waals surface area contributed by atoms with E-state index >= 15 is 0 Å². The molecule has 0 aromatic heterocycles. The highest BCUT2D eigenvalue weighted by molar-refractivity contribution is 5.67. The lowest BCUT2D eigenvalue weighted by Gasteiger charge is -2.37. The van der Waals surface area contributed by atoms with Crippen LogP contribution in [-0.2, 0) is 4.74 Å². The van der Waals surface area contributed by atoms with Gasteiger partial charge in [0.15, 0.2) is 0 Å². The van der Waals surface area contributed by atoms with Crippen LogP contribution in [0.15, 0.2) is 0 Å². The molecule has 1 atom stereocenters. The van der Waals surface area contributed by atoms with Gasteiger partial charge in [0, 0.05) is 12.6 Å². The van der Waals surface area contributed by atoms with Crippen LogP contribution in [0.2, 0.25) is 0 Å². The molecule has 0 saturated heterocycles. The average Bonchev–Trinajstić information content (AvgIpc) is 2.40. The van der Waals surface area contributed by atoms with Crippen LogP contribution in [0.4, 0.5) is 4.79 Å². The van der Waals surface area contributed by atoms with Crippen LogP contribution in [0.1, 0.15) is 74.1 Å². The van der Waals surface area contributed by atoms with Crippen molar-refractivity contribution in [1.29, 1.82) is 0 Å². The predicted octanol–water partition coefficient (Wildman–Crippen LogP) is 4.34. The Hall–Kier alpha value is -0.770. The van der Waals surface area contributed by atoms with Crippen LogP contribution >= 0.6 is 0 Å². The topological polar surface area (TPSA) is 50.4 Å². The number of ether oxygens (including phenoxy) is 1. The molecule has 23 heavy (non-hydrogen) atoms. The summed E-state index contributed by atoms with van der Waals surface area (Å²) in [7, 11) is 0. The molecule has 1 fully saturated rings. The minimum Gasteiger partial charge on any atom is -0.444 e. The number of alkyl carbamates (subject to hydrolysis) is 1. The van der Waals surface area contributed by atoms with E-state index in [0.717, 1.165) is 18.4 Å². The third-order valence-corrected chi connectivity index (χ3v) is 4.78. The number of carbonyl (C=O) groups is 1. The summed E-state index contributed by atoms with van der Waals surface area (Å²) in [6.07, 6.45) is 5.00. The fourth-order valence-electron chi connectivity index (χ4n) is 3.22. The summed E-state index contributed by atoms with van der Waals surface area (Å²) < 4.78 is 5.25. The third kappa shape index (κ3) is 8.59. The Kier molecular flexibility index (Phi) is 7.37. The number of nitrogens with one attached hydrogen (secondary N) is 2. The molecule has 0 aliphatic heterocycles. The zero-order valence-electron chi connectivity index (χ0n) is 16.3. The Morgan fingerprint density at radius 1 is 1.09 bits per heavy atom. The van der Waals surface area contributed by atoms with Gasteiger partial charge in [0.05, 0.1) is 0 Å². The average molecular weight is 327 g/mol. The van der Waals surface area contributed by atoms with Gasteiger partial charge in [0.2, 0.25) is 0 Å². The maximum Gasteiger partial charge on any atom is 0.407 e. The molecule has 0 bridgehead atoms. The first-order valence-corrected chi connectivity index (χ1v) is 9.17. The van der Waals surface area contributed by atoms with Crippen LogP contribution in [0.5, 0.6) is 0 Å². The van der Waals surface area contributed by atoms with E-state index in [1.54, 1.807) is 0 Å². The first kappa shape index (κ1) is 20.3. The molecule has 2 N–H and O–H groups in total. The SMILES string of the molecule is CC(CNC(=O)OC(C)(C)C)NCC1CCC(C(C)(C)C)CC1. The molecule has 1 amide bonds. The molecule has 1 aliphatic carbocycles. The van der Waals surface area contributed by atoms with Crippen LogP contribution in [0.3, 0.4) is 0 Å². The molecule has 1 rings (SSSR count). The van der Waals surface area contributed by atoms with Crippen LogP contribution in [0, 0.1) is 17.3 Å². The van der Waals surface area contributed by atoms with Crippen molar-refractivity contribution < 1.29 is 9.53 Å². The normalized spacial score (nSPS) is 24.1. The molecule has 0 aromatic carbocycles. The van der Waals surface area contributed by atoms with Crippen molar-refractivity contribution >= 4 is 6.09 Å². The van der Waals surface area contributed by atoms with Gasteiger partial charge in [-0.1, -0.05) is 20.8 Å². The van der Waals surface area contributed by atoms with Crippen molar-refractivity contribution in [3.63, 3.8) is 0 Å². The molecule has 1 unspecified atom stereocenters. The Morgan fingerprint density at radius 3 is 2.13 bits per heavy atom. The molecule has 1 aliphatic rings. The molecule has 0 aromatic rings. The van der Waals surface area contributed by atoms with E-state index in [-0.39, 0.29) is 12.1 Å². The summed E-state index contributed by atoms with van der Waals surface area (Å²) in [6.45, 7) is 16.5. The molecular weight excluding hydrogens is 288 g/mol. The van der Waals surface area contributed by atoms with Gasteiger partial charge in [-0.25, -0.2) is 4.79 Å². The smallest absolute Gasteiger partial charge is 0.407 e. The van der Waals surface area contributed by atoms with Crippen LogP contribution in [-0.4, -0.2) is 30.8 Å². The Bertz CT molecular complexity index is 361. The summed E-state index contributed by atoms with van der Waals surface area (Å²) in [6, 6.07) is 0.267. The summed E-state index contributed by atoms with van der Waals surface area (Å²) >= 11 is 0. The quantitative estimate of drug-likeness (QED) is 0.790. The van der Waals surface area contributed by atoms with Crippen molar-refractivity contribution in [2.75, 3.05) is 13.1 Å². The van der Waals surface area contributed by atoms with E-state index in [1.165, 1.54) is 25.7 Å². The lowest BCUT2D eigenvalue weighted by atomic mass is 9.70. The maximum atomic E-state index is 11.6. The van der Waals surface area contributed by atoms with Crippen molar-refractivity contribution in [3.8, 4) is 0 Å². The molecule has 4 nitrogen and oxygen atoms in total. The van der Waals surface area contributed by atoms with Gasteiger partial charge >= 0.3 is 6.09 Å². The molecule has 136 valence electrons. The van der Waals surface area contributed by atoms with Crippen LogP contribution < -0.4 is 10.6 Å². The van der Waals surface area contributed by atoms with Gasteiger partial charge in [-0.15, -0.1) is 0 Å². The highest BCUT2D eigenvalue weighted by Gasteiger charge is 2.29. The molecule has 0 heterocycles.